The number of amidine groups is 1. The maximum atomic E-state index is 11.8. The predicted molar refractivity (Wildman–Crippen MR) is 112 cm³/mol. The van der Waals surface area contributed by atoms with Crippen LogP contribution in [0.2, 0.25) is 0 Å². The van der Waals surface area contributed by atoms with Crippen molar-refractivity contribution in [3.8, 4) is 11.1 Å². The Hall–Kier alpha value is -3.40. The van der Waals surface area contributed by atoms with Crippen molar-refractivity contribution in [3.63, 3.8) is 0 Å². The highest BCUT2D eigenvalue weighted by atomic mass is 32.1. The lowest BCUT2D eigenvalue weighted by Gasteiger charge is -2.03. The van der Waals surface area contributed by atoms with Crippen LogP contribution in [0.1, 0.15) is 19.0 Å². The van der Waals surface area contributed by atoms with Gasteiger partial charge in [-0.1, -0.05) is 30.4 Å². The number of rotatable bonds is 5. The van der Waals surface area contributed by atoms with Crippen molar-refractivity contribution in [2.45, 2.75) is 13.3 Å². The minimum atomic E-state index is -0.248. The van der Waals surface area contributed by atoms with E-state index in [1.54, 1.807) is 19.3 Å². The zero-order chi connectivity index (χ0) is 19.9. The van der Waals surface area contributed by atoms with Crippen LogP contribution in [-0.2, 0) is 0 Å². The van der Waals surface area contributed by atoms with Gasteiger partial charge in [0.25, 0.3) is 0 Å². The number of nitrogens with one attached hydrogen (secondary N) is 2. The Balaban J connectivity index is 1.81. The number of nitrogens with zero attached hydrogens (tertiary/aromatic N) is 5. The summed E-state index contributed by atoms with van der Waals surface area (Å²) in [4.78, 5) is 20.6. The zero-order valence-electron chi connectivity index (χ0n) is 15.5. The minimum Gasteiger partial charge on any atom is -0.338 e. The number of fused-ring (bicyclic) bond motifs is 1. The Morgan fingerprint density at radius 1 is 1.25 bits per heavy atom. The molecule has 0 aliphatic heterocycles. The SMILES string of the molecule is CCCNC(=O)Nc1nc2cc(-c3ccc(C(N=NC)=NN)nc3)ccc2s1. The predicted octanol–water partition coefficient (Wildman–Crippen LogP) is 3.59. The molecular formula is C18H20N8OS. The summed E-state index contributed by atoms with van der Waals surface area (Å²) >= 11 is 1.43. The molecule has 2 amide bonds. The quantitative estimate of drug-likeness (QED) is 0.200. The van der Waals surface area contributed by atoms with Crippen LogP contribution in [0.15, 0.2) is 51.9 Å². The summed E-state index contributed by atoms with van der Waals surface area (Å²) in [5.74, 6) is 5.58. The van der Waals surface area contributed by atoms with Gasteiger partial charge in [0.1, 0.15) is 5.69 Å². The Kier molecular flexibility index (Phi) is 6.22. The maximum Gasteiger partial charge on any atom is 0.321 e. The average Bonchev–Trinajstić information content (AvgIpc) is 3.12. The van der Waals surface area contributed by atoms with Crippen molar-refractivity contribution in [2.75, 3.05) is 18.9 Å². The van der Waals surface area contributed by atoms with Gasteiger partial charge in [-0.25, -0.2) is 9.78 Å². The van der Waals surface area contributed by atoms with Gasteiger partial charge in [0, 0.05) is 25.4 Å². The van der Waals surface area contributed by atoms with Crippen LogP contribution in [0.4, 0.5) is 9.93 Å². The molecule has 0 spiro atoms. The third kappa shape index (κ3) is 4.46. The average molecular weight is 396 g/mol. The number of carbonyl (C=O) groups excluding carboxylic acids is 1. The maximum absolute atomic E-state index is 11.8. The number of hydrogen-bond donors (Lipinski definition) is 3. The van der Waals surface area contributed by atoms with E-state index in [1.165, 1.54) is 11.3 Å². The number of hydrazone groups is 1. The molecular weight excluding hydrogens is 376 g/mol. The van der Waals surface area contributed by atoms with Gasteiger partial charge in [-0.3, -0.25) is 10.3 Å². The van der Waals surface area contributed by atoms with Crippen LogP contribution in [0.3, 0.4) is 0 Å². The highest BCUT2D eigenvalue weighted by molar-refractivity contribution is 7.22. The third-order valence-corrected chi connectivity index (χ3v) is 4.74. The lowest BCUT2D eigenvalue weighted by molar-refractivity contribution is 0.252. The molecule has 0 unspecified atom stereocenters. The first kappa shape index (κ1) is 19.4. The number of thiazole rings is 1. The first-order valence-electron chi connectivity index (χ1n) is 8.64. The second-order valence-corrected chi connectivity index (χ2v) is 6.80. The molecule has 2 heterocycles. The van der Waals surface area contributed by atoms with Crippen LogP contribution in [0, 0.1) is 0 Å². The van der Waals surface area contributed by atoms with Crippen LogP contribution in [-0.4, -0.2) is 35.4 Å². The van der Waals surface area contributed by atoms with E-state index >= 15 is 0 Å². The van der Waals surface area contributed by atoms with Gasteiger partial charge >= 0.3 is 6.03 Å². The molecule has 28 heavy (non-hydrogen) atoms. The molecule has 0 atom stereocenters. The summed E-state index contributed by atoms with van der Waals surface area (Å²) in [7, 11) is 1.54. The fraction of sp³-hybridized carbons (Fsp3) is 0.222. The molecule has 3 rings (SSSR count). The van der Waals surface area contributed by atoms with Gasteiger partial charge < -0.3 is 11.2 Å². The third-order valence-electron chi connectivity index (χ3n) is 3.79. The first-order chi connectivity index (χ1) is 13.6. The van der Waals surface area contributed by atoms with Crippen molar-refractivity contribution in [1.82, 2.24) is 15.3 Å². The Labute approximate surface area is 165 Å². The van der Waals surface area contributed by atoms with E-state index in [-0.39, 0.29) is 11.9 Å². The van der Waals surface area contributed by atoms with E-state index in [2.05, 4.69) is 35.9 Å². The number of pyridine rings is 1. The summed E-state index contributed by atoms with van der Waals surface area (Å²) in [6, 6.07) is 9.37. The summed E-state index contributed by atoms with van der Waals surface area (Å²) in [6.07, 6.45) is 2.60. The number of carbonyl (C=O) groups is 1. The lowest BCUT2D eigenvalue weighted by atomic mass is 10.1. The number of aromatic nitrogens is 2. The fourth-order valence-electron chi connectivity index (χ4n) is 2.48. The monoisotopic (exact) mass is 396 g/mol. The summed E-state index contributed by atoms with van der Waals surface area (Å²) in [5.41, 5.74) is 3.22. The van der Waals surface area contributed by atoms with Crippen molar-refractivity contribution in [2.24, 2.45) is 21.2 Å². The van der Waals surface area contributed by atoms with Gasteiger partial charge in [-0.05, 0) is 30.2 Å². The summed E-state index contributed by atoms with van der Waals surface area (Å²) in [5, 5.41) is 17.2. The van der Waals surface area contributed by atoms with Crippen LogP contribution >= 0.6 is 11.3 Å². The molecule has 2 aromatic heterocycles. The molecule has 3 aromatic rings. The minimum absolute atomic E-state index is 0.248. The van der Waals surface area contributed by atoms with Crippen molar-refractivity contribution >= 4 is 38.6 Å². The Bertz CT molecular complexity index is 1030. The van der Waals surface area contributed by atoms with Gasteiger partial charge in [-0.15, -0.1) is 5.11 Å². The van der Waals surface area contributed by atoms with Gasteiger partial charge in [0.15, 0.2) is 5.13 Å². The fourth-order valence-corrected chi connectivity index (χ4v) is 3.32. The van der Waals surface area contributed by atoms with E-state index in [0.29, 0.717) is 17.4 Å². The van der Waals surface area contributed by atoms with Crippen LogP contribution in [0.25, 0.3) is 21.3 Å². The van der Waals surface area contributed by atoms with Gasteiger partial charge in [0.05, 0.1) is 10.2 Å². The molecule has 144 valence electrons. The standard InChI is InChI=1S/C18H20N8OS/c1-3-8-21-17(27)24-18-23-14-9-11(5-7-15(14)28-18)12-4-6-13(22-10-12)16(25-19)26-20-2/h4-7,9-10H,3,8,19H2,1-2H3,(H2,21,23,24,27). The summed E-state index contributed by atoms with van der Waals surface area (Å²) < 4.78 is 0.986. The van der Waals surface area contributed by atoms with E-state index in [1.807, 2.05) is 31.2 Å². The van der Waals surface area contributed by atoms with E-state index < -0.39 is 0 Å². The molecule has 4 N–H and O–H groups in total. The normalized spacial score (nSPS) is 11.9. The number of benzene rings is 1. The molecule has 9 nitrogen and oxygen atoms in total. The topological polar surface area (TPSA) is 130 Å². The Morgan fingerprint density at radius 3 is 2.75 bits per heavy atom. The number of nitrogens with two attached hydrogens (primary N) is 1. The molecule has 0 bridgehead atoms. The molecule has 0 aliphatic rings. The molecule has 1 aromatic carbocycles. The zero-order valence-corrected chi connectivity index (χ0v) is 16.3. The van der Waals surface area contributed by atoms with Crippen molar-refractivity contribution in [3.05, 3.63) is 42.2 Å². The van der Waals surface area contributed by atoms with Gasteiger partial charge in [0.2, 0.25) is 5.84 Å². The second-order valence-electron chi connectivity index (χ2n) is 5.77. The van der Waals surface area contributed by atoms with E-state index in [9.17, 15) is 4.79 Å². The number of hydrogen-bond acceptors (Lipinski definition) is 7. The smallest absolute Gasteiger partial charge is 0.321 e. The number of anilines is 1. The van der Waals surface area contributed by atoms with Crippen molar-refractivity contribution in [1.29, 1.82) is 0 Å². The molecule has 10 heteroatoms. The molecule has 0 aliphatic carbocycles. The highest BCUT2D eigenvalue weighted by Crippen LogP contribution is 2.30. The summed E-state index contributed by atoms with van der Waals surface area (Å²) in [6.45, 7) is 2.62. The van der Waals surface area contributed by atoms with E-state index in [0.717, 1.165) is 27.8 Å². The lowest BCUT2D eigenvalue weighted by Crippen LogP contribution is -2.29. The first-order valence-corrected chi connectivity index (χ1v) is 9.46. The molecule has 0 saturated heterocycles. The van der Waals surface area contributed by atoms with Crippen molar-refractivity contribution < 1.29 is 4.79 Å². The largest absolute Gasteiger partial charge is 0.338 e. The number of amides is 2. The van der Waals surface area contributed by atoms with Crippen LogP contribution < -0.4 is 16.5 Å². The molecule has 0 radical (unpaired) electrons. The second kappa shape index (κ2) is 9.00. The van der Waals surface area contributed by atoms with Crippen LogP contribution in [0.5, 0.6) is 0 Å². The number of urea groups is 1. The van der Waals surface area contributed by atoms with E-state index in [4.69, 9.17) is 5.84 Å². The Morgan fingerprint density at radius 2 is 2.07 bits per heavy atom. The number of azo groups is 1. The highest BCUT2D eigenvalue weighted by Gasteiger charge is 2.10. The molecule has 0 fully saturated rings. The molecule has 0 saturated carbocycles. The van der Waals surface area contributed by atoms with Gasteiger partial charge in [-0.2, -0.15) is 10.2 Å².